The molecule has 1 heterocycles. The van der Waals surface area contributed by atoms with Crippen molar-refractivity contribution >= 4 is 17.5 Å². The average molecular weight is 298 g/mol. The number of aliphatic hydroxyl groups excluding tert-OH is 1. The van der Waals surface area contributed by atoms with Crippen LogP contribution < -0.4 is 0 Å². The fourth-order valence-corrected chi connectivity index (χ4v) is 2.71. The summed E-state index contributed by atoms with van der Waals surface area (Å²) in [4.78, 5) is 14.3. The molecule has 0 unspecified atom stereocenters. The lowest BCUT2D eigenvalue weighted by atomic mass is 10.0. The van der Waals surface area contributed by atoms with Crippen molar-refractivity contribution in [1.29, 1.82) is 0 Å². The summed E-state index contributed by atoms with van der Waals surface area (Å²) in [5, 5.41) is 9.39. The zero-order valence-electron chi connectivity index (χ0n) is 11.6. The minimum Gasteiger partial charge on any atom is -0.394 e. The zero-order valence-corrected chi connectivity index (χ0v) is 12.4. The number of hydrogen-bond acceptors (Lipinski definition) is 3. The van der Waals surface area contributed by atoms with Crippen molar-refractivity contribution in [3.63, 3.8) is 0 Å². The normalized spacial score (nSPS) is 16.4. The van der Waals surface area contributed by atoms with Crippen LogP contribution in [0.25, 0.3) is 0 Å². The highest BCUT2D eigenvalue weighted by Crippen LogP contribution is 2.20. The predicted molar refractivity (Wildman–Crippen MR) is 78.2 cm³/mol. The molecule has 1 N–H and O–H groups in total. The van der Waals surface area contributed by atoms with Gasteiger partial charge >= 0.3 is 0 Å². The molecule has 110 valence electrons. The van der Waals surface area contributed by atoms with E-state index < -0.39 is 0 Å². The van der Waals surface area contributed by atoms with Gasteiger partial charge in [0.15, 0.2) is 0 Å². The fourth-order valence-electron chi connectivity index (χ4n) is 2.48. The minimum absolute atomic E-state index is 0.0448. The molecule has 20 heavy (non-hydrogen) atoms. The van der Waals surface area contributed by atoms with Crippen molar-refractivity contribution in [2.45, 2.75) is 25.9 Å². The minimum atomic E-state index is 0.0448. The van der Waals surface area contributed by atoms with E-state index in [4.69, 9.17) is 21.4 Å². The number of benzene rings is 1. The first-order valence-corrected chi connectivity index (χ1v) is 7.27. The van der Waals surface area contributed by atoms with E-state index in [2.05, 4.69) is 0 Å². The molecule has 0 aliphatic carbocycles. The summed E-state index contributed by atoms with van der Waals surface area (Å²) >= 11 is 5.91. The summed E-state index contributed by atoms with van der Waals surface area (Å²) in [5.41, 5.74) is 1.62. The molecule has 0 bridgehead atoms. The predicted octanol–water partition coefficient (Wildman–Crippen LogP) is 2.26. The van der Waals surface area contributed by atoms with Crippen LogP contribution in [0.5, 0.6) is 0 Å². The lowest BCUT2D eigenvalue weighted by Crippen LogP contribution is -2.41. The first-order valence-electron chi connectivity index (χ1n) is 6.89. The number of carbonyl (C=O) groups is 1. The van der Waals surface area contributed by atoms with Crippen LogP contribution in [-0.4, -0.2) is 48.3 Å². The van der Waals surface area contributed by atoms with Crippen molar-refractivity contribution in [2.75, 3.05) is 26.3 Å². The van der Waals surface area contributed by atoms with Gasteiger partial charge in [0.25, 0.3) is 5.91 Å². The molecule has 4 nitrogen and oxygen atoms in total. The molecule has 1 saturated heterocycles. The Morgan fingerprint density at radius 2 is 2.15 bits per heavy atom. The highest BCUT2D eigenvalue weighted by molar-refractivity contribution is 6.30. The molecular weight excluding hydrogens is 278 g/mol. The van der Waals surface area contributed by atoms with Gasteiger partial charge in [0.1, 0.15) is 0 Å². The molecule has 1 aromatic carbocycles. The van der Waals surface area contributed by atoms with Crippen molar-refractivity contribution < 1.29 is 14.6 Å². The lowest BCUT2D eigenvalue weighted by molar-refractivity contribution is -0.00555. The third-order valence-electron chi connectivity index (χ3n) is 3.59. The van der Waals surface area contributed by atoms with Crippen LogP contribution >= 0.6 is 11.6 Å². The number of aryl methyl sites for hydroxylation is 1. The Balaban J connectivity index is 1.94. The number of amides is 1. The molecule has 0 aromatic heterocycles. The van der Waals surface area contributed by atoms with E-state index in [9.17, 15) is 4.79 Å². The molecule has 1 aliphatic rings. The van der Waals surface area contributed by atoms with E-state index in [1.54, 1.807) is 12.1 Å². The maximum absolute atomic E-state index is 12.5. The highest BCUT2D eigenvalue weighted by Gasteiger charge is 2.24. The van der Waals surface area contributed by atoms with Crippen molar-refractivity contribution in [3.8, 4) is 0 Å². The molecule has 1 fully saturated rings. The number of rotatable bonds is 4. The summed E-state index contributed by atoms with van der Waals surface area (Å²) in [5.74, 6) is 0.0553. The van der Waals surface area contributed by atoms with E-state index in [0.717, 1.165) is 18.4 Å². The number of nitrogens with zero attached hydrogens (tertiary/aromatic N) is 1. The van der Waals surface area contributed by atoms with Crippen LogP contribution in [0.4, 0.5) is 0 Å². The second kappa shape index (κ2) is 7.07. The Labute approximate surface area is 124 Å². The van der Waals surface area contributed by atoms with Crippen LogP contribution in [0.1, 0.15) is 28.8 Å². The van der Waals surface area contributed by atoms with Gasteiger partial charge in [0, 0.05) is 23.7 Å². The Bertz CT molecular complexity index is 470. The summed E-state index contributed by atoms with van der Waals surface area (Å²) in [6.07, 6.45) is 1.79. The van der Waals surface area contributed by atoms with Gasteiger partial charge in [-0.05, 0) is 43.5 Å². The second-order valence-electron chi connectivity index (χ2n) is 5.05. The van der Waals surface area contributed by atoms with E-state index in [0.29, 0.717) is 30.3 Å². The maximum atomic E-state index is 12.5. The van der Waals surface area contributed by atoms with Crippen molar-refractivity contribution in [3.05, 3.63) is 34.3 Å². The Morgan fingerprint density at radius 3 is 2.75 bits per heavy atom. The molecule has 1 amide bonds. The Kier molecular flexibility index (Phi) is 5.40. The van der Waals surface area contributed by atoms with Crippen molar-refractivity contribution in [2.24, 2.45) is 0 Å². The largest absolute Gasteiger partial charge is 0.394 e. The average Bonchev–Trinajstić information content (AvgIpc) is 2.45. The summed E-state index contributed by atoms with van der Waals surface area (Å²) in [6.45, 7) is 3.70. The van der Waals surface area contributed by atoms with Gasteiger partial charge in [-0.3, -0.25) is 4.79 Å². The van der Waals surface area contributed by atoms with E-state index >= 15 is 0 Å². The van der Waals surface area contributed by atoms with Gasteiger partial charge < -0.3 is 14.7 Å². The molecule has 2 rings (SSSR count). The summed E-state index contributed by atoms with van der Waals surface area (Å²) < 4.78 is 5.50. The van der Waals surface area contributed by atoms with Crippen LogP contribution in [0.15, 0.2) is 18.2 Å². The maximum Gasteiger partial charge on any atom is 0.254 e. The van der Waals surface area contributed by atoms with Crippen molar-refractivity contribution in [1.82, 2.24) is 4.90 Å². The number of hydrogen-bond donors (Lipinski definition) is 1. The number of likely N-dealkylation sites (tertiary alicyclic amines) is 1. The summed E-state index contributed by atoms with van der Waals surface area (Å²) in [6, 6.07) is 5.35. The first kappa shape index (κ1) is 15.3. The van der Waals surface area contributed by atoms with Gasteiger partial charge in [-0.2, -0.15) is 0 Å². The number of ether oxygens (including phenoxy) is 1. The smallest absolute Gasteiger partial charge is 0.254 e. The van der Waals surface area contributed by atoms with E-state index in [-0.39, 0.29) is 18.6 Å². The molecule has 5 heteroatoms. The van der Waals surface area contributed by atoms with Gasteiger partial charge in [0.05, 0.1) is 19.3 Å². The Morgan fingerprint density at radius 1 is 1.45 bits per heavy atom. The molecule has 1 aromatic rings. The molecule has 0 spiro atoms. The molecule has 0 saturated carbocycles. The van der Waals surface area contributed by atoms with E-state index in [1.807, 2.05) is 17.9 Å². The summed E-state index contributed by atoms with van der Waals surface area (Å²) in [7, 11) is 0. The topological polar surface area (TPSA) is 49.8 Å². The van der Waals surface area contributed by atoms with Gasteiger partial charge in [-0.25, -0.2) is 0 Å². The third-order valence-corrected chi connectivity index (χ3v) is 3.83. The van der Waals surface area contributed by atoms with Crippen LogP contribution in [0.2, 0.25) is 5.02 Å². The van der Waals surface area contributed by atoms with Crippen LogP contribution in [0, 0.1) is 6.92 Å². The molecular formula is C15H20ClNO3. The zero-order chi connectivity index (χ0) is 14.5. The third kappa shape index (κ3) is 3.72. The van der Waals surface area contributed by atoms with Crippen LogP contribution in [-0.2, 0) is 4.74 Å². The molecule has 0 radical (unpaired) electrons. The highest BCUT2D eigenvalue weighted by atomic mass is 35.5. The monoisotopic (exact) mass is 297 g/mol. The second-order valence-corrected chi connectivity index (χ2v) is 5.48. The fraction of sp³-hybridized carbons (Fsp3) is 0.533. The first-order chi connectivity index (χ1) is 9.61. The number of halogens is 1. The molecule has 0 atom stereocenters. The van der Waals surface area contributed by atoms with Crippen LogP contribution in [0.3, 0.4) is 0 Å². The number of aliphatic hydroxyl groups is 1. The Hall–Kier alpha value is -1.10. The van der Waals surface area contributed by atoms with E-state index in [1.165, 1.54) is 0 Å². The molecule has 1 aliphatic heterocycles. The SMILES string of the molecule is Cc1cc(Cl)ccc1C(=O)N1CCC(OCCO)CC1. The number of carbonyl (C=O) groups excluding carboxylic acids is 1. The van der Waals surface area contributed by atoms with Gasteiger partial charge in [-0.15, -0.1) is 0 Å². The lowest BCUT2D eigenvalue weighted by Gasteiger charge is -2.32. The quantitative estimate of drug-likeness (QED) is 0.927. The van der Waals surface area contributed by atoms with Gasteiger partial charge in [-0.1, -0.05) is 11.6 Å². The number of piperidine rings is 1. The van der Waals surface area contributed by atoms with Gasteiger partial charge in [0.2, 0.25) is 0 Å². The standard InChI is InChI=1S/C15H20ClNO3/c1-11-10-12(16)2-3-14(11)15(19)17-6-4-13(5-7-17)20-9-8-18/h2-3,10,13,18H,4-9H2,1H3.